The number of hydrogen-bond acceptors (Lipinski definition) is 4. The summed E-state index contributed by atoms with van der Waals surface area (Å²) in [7, 11) is 2.69. The SMILES string of the molecule is COC(=O)CC(=O)c1ccc(Cl)c(OC)c1. The number of benzene rings is 1. The third-order valence-electron chi connectivity index (χ3n) is 2.01. The second-order valence-electron chi connectivity index (χ2n) is 3.03. The average Bonchev–Trinajstić information content (AvgIpc) is 2.29. The number of Topliss-reactive ketones (excluding diaryl/α,β-unsaturated/α-hetero) is 1. The second-order valence-corrected chi connectivity index (χ2v) is 3.43. The van der Waals surface area contributed by atoms with Crippen molar-refractivity contribution in [1.82, 2.24) is 0 Å². The van der Waals surface area contributed by atoms with E-state index in [1.807, 2.05) is 0 Å². The fourth-order valence-corrected chi connectivity index (χ4v) is 1.33. The standard InChI is InChI=1S/C11H11ClO4/c1-15-10-5-7(3-4-8(10)12)9(13)6-11(14)16-2/h3-5H,6H2,1-2H3. The maximum atomic E-state index is 11.6. The first-order chi connectivity index (χ1) is 7.58. The van der Waals surface area contributed by atoms with E-state index < -0.39 is 5.97 Å². The smallest absolute Gasteiger partial charge is 0.313 e. The Bertz CT molecular complexity index is 414. The predicted octanol–water partition coefficient (Wildman–Crippen LogP) is 2.09. The zero-order valence-electron chi connectivity index (χ0n) is 8.95. The summed E-state index contributed by atoms with van der Waals surface area (Å²) in [5, 5.41) is 0.414. The van der Waals surface area contributed by atoms with Gasteiger partial charge in [0.25, 0.3) is 0 Å². The molecule has 0 aliphatic heterocycles. The van der Waals surface area contributed by atoms with Crippen LogP contribution in [0.1, 0.15) is 16.8 Å². The lowest BCUT2D eigenvalue weighted by Crippen LogP contribution is -2.09. The van der Waals surface area contributed by atoms with Crippen molar-refractivity contribution in [3.05, 3.63) is 28.8 Å². The molecule has 1 aromatic carbocycles. The molecule has 16 heavy (non-hydrogen) atoms. The van der Waals surface area contributed by atoms with E-state index in [1.165, 1.54) is 26.4 Å². The minimum atomic E-state index is -0.570. The largest absolute Gasteiger partial charge is 0.495 e. The highest BCUT2D eigenvalue weighted by Gasteiger charge is 2.13. The minimum absolute atomic E-state index is 0.290. The molecule has 0 radical (unpaired) electrons. The monoisotopic (exact) mass is 242 g/mol. The van der Waals surface area contributed by atoms with Crippen molar-refractivity contribution in [2.75, 3.05) is 14.2 Å². The minimum Gasteiger partial charge on any atom is -0.495 e. The number of hydrogen-bond donors (Lipinski definition) is 0. The van der Waals surface area contributed by atoms with Crippen LogP contribution >= 0.6 is 11.6 Å². The Hall–Kier alpha value is -1.55. The van der Waals surface area contributed by atoms with Gasteiger partial charge in [0.15, 0.2) is 5.78 Å². The third kappa shape index (κ3) is 2.97. The molecule has 0 atom stereocenters. The van der Waals surface area contributed by atoms with Crippen molar-refractivity contribution in [3.8, 4) is 5.75 Å². The van der Waals surface area contributed by atoms with E-state index in [1.54, 1.807) is 6.07 Å². The van der Waals surface area contributed by atoms with Crippen LogP contribution in [0.15, 0.2) is 18.2 Å². The number of esters is 1. The van der Waals surface area contributed by atoms with E-state index in [0.717, 1.165) is 0 Å². The van der Waals surface area contributed by atoms with E-state index in [9.17, 15) is 9.59 Å². The maximum Gasteiger partial charge on any atom is 0.313 e. The van der Waals surface area contributed by atoms with Crippen LogP contribution < -0.4 is 4.74 Å². The van der Waals surface area contributed by atoms with Crippen LogP contribution in [0.2, 0.25) is 5.02 Å². The number of halogens is 1. The molecule has 0 fully saturated rings. The number of carbonyl (C=O) groups is 2. The first kappa shape index (κ1) is 12.5. The van der Waals surface area contributed by atoms with E-state index in [-0.39, 0.29) is 12.2 Å². The molecular weight excluding hydrogens is 232 g/mol. The first-order valence-electron chi connectivity index (χ1n) is 4.52. The van der Waals surface area contributed by atoms with Gasteiger partial charge in [0.1, 0.15) is 12.2 Å². The van der Waals surface area contributed by atoms with Gasteiger partial charge in [-0.15, -0.1) is 0 Å². The molecular formula is C11H11ClO4. The molecule has 0 N–H and O–H groups in total. The molecule has 0 saturated carbocycles. The molecule has 0 amide bonds. The summed E-state index contributed by atoms with van der Waals surface area (Å²) in [5.41, 5.74) is 0.367. The summed E-state index contributed by atoms with van der Waals surface area (Å²) >= 11 is 5.81. The van der Waals surface area contributed by atoms with Gasteiger partial charge in [-0.25, -0.2) is 0 Å². The summed E-state index contributed by atoms with van der Waals surface area (Å²) in [6.45, 7) is 0. The summed E-state index contributed by atoms with van der Waals surface area (Å²) in [6, 6.07) is 4.58. The lowest BCUT2D eigenvalue weighted by Gasteiger charge is -2.05. The van der Waals surface area contributed by atoms with Crippen molar-refractivity contribution in [2.24, 2.45) is 0 Å². The van der Waals surface area contributed by atoms with Crippen molar-refractivity contribution in [2.45, 2.75) is 6.42 Å². The molecule has 0 heterocycles. The summed E-state index contributed by atoms with van der Waals surface area (Å²) in [4.78, 5) is 22.5. The summed E-state index contributed by atoms with van der Waals surface area (Å²) < 4.78 is 9.37. The van der Waals surface area contributed by atoms with Gasteiger partial charge in [0.05, 0.1) is 19.2 Å². The average molecular weight is 243 g/mol. The topological polar surface area (TPSA) is 52.6 Å². The van der Waals surface area contributed by atoms with Crippen molar-refractivity contribution in [3.63, 3.8) is 0 Å². The Kier molecular flexibility index (Phi) is 4.31. The Morgan fingerprint density at radius 1 is 1.31 bits per heavy atom. The van der Waals surface area contributed by atoms with E-state index in [0.29, 0.717) is 16.3 Å². The van der Waals surface area contributed by atoms with Gasteiger partial charge in [0, 0.05) is 5.56 Å². The van der Waals surface area contributed by atoms with Gasteiger partial charge >= 0.3 is 5.97 Å². The molecule has 5 heteroatoms. The van der Waals surface area contributed by atoms with Gasteiger partial charge in [-0.3, -0.25) is 9.59 Å². The van der Waals surface area contributed by atoms with Crippen LogP contribution in [0.25, 0.3) is 0 Å². The third-order valence-corrected chi connectivity index (χ3v) is 2.32. The molecule has 1 rings (SSSR count). The molecule has 0 saturated heterocycles. The quantitative estimate of drug-likeness (QED) is 0.461. The number of ether oxygens (including phenoxy) is 2. The Balaban J connectivity index is 2.88. The summed E-state index contributed by atoms with van der Waals surface area (Å²) in [6.07, 6.45) is -0.290. The van der Waals surface area contributed by atoms with Gasteiger partial charge in [-0.1, -0.05) is 11.6 Å². The molecule has 0 aromatic heterocycles. The molecule has 1 aromatic rings. The molecule has 0 aliphatic rings. The number of ketones is 1. The van der Waals surface area contributed by atoms with Crippen LogP contribution in [-0.2, 0) is 9.53 Å². The van der Waals surface area contributed by atoms with Gasteiger partial charge in [-0.2, -0.15) is 0 Å². The molecule has 86 valence electrons. The molecule has 0 bridgehead atoms. The van der Waals surface area contributed by atoms with Crippen LogP contribution in [0.5, 0.6) is 5.75 Å². The van der Waals surface area contributed by atoms with Gasteiger partial charge < -0.3 is 9.47 Å². The first-order valence-corrected chi connectivity index (χ1v) is 4.90. The van der Waals surface area contributed by atoms with Crippen LogP contribution in [0.4, 0.5) is 0 Å². The Morgan fingerprint density at radius 3 is 2.56 bits per heavy atom. The lowest BCUT2D eigenvalue weighted by atomic mass is 10.1. The predicted molar refractivity (Wildman–Crippen MR) is 59.0 cm³/mol. The fourth-order valence-electron chi connectivity index (χ4n) is 1.14. The van der Waals surface area contributed by atoms with Crippen LogP contribution in [0.3, 0.4) is 0 Å². The summed E-state index contributed by atoms with van der Waals surface area (Å²) in [5.74, 6) is -0.502. The van der Waals surface area contributed by atoms with Crippen molar-refractivity contribution < 1.29 is 19.1 Å². The lowest BCUT2D eigenvalue weighted by molar-refractivity contribution is -0.139. The highest BCUT2D eigenvalue weighted by molar-refractivity contribution is 6.32. The Morgan fingerprint density at radius 2 is 2.00 bits per heavy atom. The van der Waals surface area contributed by atoms with E-state index >= 15 is 0 Å². The molecule has 0 unspecified atom stereocenters. The molecule has 4 nitrogen and oxygen atoms in total. The second kappa shape index (κ2) is 5.51. The van der Waals surface area contributed by atoms with Crippen molar-refractivity contribution >= 4 is 23.4 Å². The van der Waals surface area contributed by atoms with E-state index in [2.05, 4.69) is 4.74 Å². The van der Waals surface area contributed by atoms with Gasteiger partial charge in [0.2, 0.25) is 0 Å². The highest BCUT2D eigenvalue weighted by atomic mass is 35.5. The highest BCUT2D eigenvalue weighted by Crippen LogP contribution is 2.25. The zero-order valence-corrected chi connectivity index (χ0v) is 9.71. The fraction of sp³-hybridized carbons (Fsp3) is 0.273. The Labute approximate surface area is 98.1 Å². The van der Waals surface area contributed by atoms with Crippen LogP contribution in [0, 0.1) is 0 Å². The normalized spacial score (nSPS) is 9.69. The molecule has 0 spiro atoms. The molecule has 0 aliphatic carbocycles. The maximum absolute atomic E-state index is 11.6. The number of rotatable bonds is 4. The van der Waals surface area contributed by atoms with Crippen LogP contribution in [-0.4, -0.2) is 26.0 Å². The van der Waals surface area contributed by atoms with E-state index in [4.69, 9.17) is 16.3 Å². The number of methoxy groups -OCH3 is 2. The number of carbonyl (C=O) groups excluding carboxylic acids is 2. The van der Waals surface area contributed by atoms with Crippen molar-refractivity contribution in [1.29, 1.82) is 0 Å². The zero-order chi connectivity index (χ0) is 12.1. The van der Waals surface area contributed by atoms with Gasteiger partial charge in [-0.05, 0) is 18.2 Å².